The Morgan fingerprint density at radius 2 is 2.12 bits per heavy atom. The zero-order chi connectivity index (χ0) is 5.98. The molecule has 0 spiro atoms. The summed E-state index contributed by atoms with van der Waals surface area (Å²) in [6.07, 6.45) is 4.55. The van der Waals surface area contributed by atoms with Gasteiger partial charge in [0.25, 0.3) is 0 Å². The van der Waals surface area contributed by atoms with Crippen LogP contribution in [0.4, 0.5) is 0 Å². The van der Waals surface area contributed by atoms with Gasteiger partial charge < -0.3 is 4.46 Å². The highest BCUT2D eigenvalue weighted by Crippen LogP contribution is 1.89. The Morgan fingerprint density at radius 3 is 2.50 bits per heavy atom. The Labute approximate surface area is 48.2 Å². The molecule has 0 aromatic heterocycles. The van der Waals surface area contributed by atoms with Crippen molar-refractivity contribution in [2.75, 3.05) is 0 Å². The molecule has 0 aromatic carbocycles. The fraction of sp³-hybridized carbons (Fsp3) is 0. The van der Waals surface area contributed by atoms with E-state index in [2.05, 4.69) is 0 Å². The van der Waals surface area contributed by atoms with Gasteiger partial charge in [-0.3, -0.25) is 4.79 Å². The molecular formula is C5H4O2Si. The maximum absolute atomic E-state index is 10.5. The van der Waals surface area contributed by atoms with Crippen LogP contribution < -0.4 is 0 Å². The van der Waals surface area contributed by atoms with Gasteiger partial charge in [-0.05, 0) is 11.8 Å². The van der Waals surface area contributed by atoms with Crippen molar-refractivity contribution in [1.82, 2.24) is 0 Å². The Hall–Kier alpha value is -0.833. The molecule has 2 nitrogen and oxygen atoms in total. The molecule has 0 fully saturated rings. The third kappa shape index (κ3) is 0.868. The molecule has 0 atom stereocenters. The van der Waals surface area contributed by atoms with Gasteiger partial charge in [0.1, 0.15) is 0 Å². The lowest BCUT2D eigenvalue weighted by Crippen LogP contribution is -2.11. The van der Waals surface area contributed by atoms with Gasteiger partial charge in [-0.2, -0.15) is 0 Å². The molecule has 8 heavy (non-hydrogen) atoms. The van der Waals surface area contributed by atoms with Crippen LogP contribution in [-0.2, 0) is 9.26 Å². The summed E-state index contributed by atoms with van der Waals surface area (Å²) < 4.78 is 10.5. The van der Waals surface area contributed by atoms with Crippen LogP contribution in [-0.4, -0.2) is 14.1 Å². The molecule has 0 amide bonds. The van der Waals surface area contributed by atoms with Crippen molar-refractivity contribution in [3.05, 3.63) is 23.9 Å². The predicted molar refractivity (Wildman–Crippen MR) is 29.7 cm³/mol. The van der Waals surface area contributed by atoms with Crippen LogP contribution in [0, 0.1) is 0 Å². The van der Waals surface area contributed by atoms with Gasteiger partial charge in [-0.1, -0.05) is 12.2 Å². The van der Waals surface area contributed by atoms with Crippen molar-refractivity contribution < 1.29 is 9.26 Å². The minimum Gasteiger partial charge on any atom is -0.374 e. The van der Waals surface area contributed by atoms with E-state index >= 15 is 0 Å². The van der Waals surface area contributed by atoms with E-state index in [1.165, 1.54) is 11.8 Å². The SMILES string of the molecule is O=C1C=CC=C[Si]1=O. The molecule has 1 rings (SSSR count). The van der Waals surface area contributed by atoms with E-state index in [0.717, 1.165) is 0 Å². The quantitative estimate of drug-likeness (QED) is 0.432. The highest BCUT2D eigenvalue weighted by molar-refractivity contribution is 6.85. The molecule has 40 valence electrons. The second kappa shape index (κ2) is 1.96. The summed E-state index contributed by atoms with van der Waals surface area (Å²) in [5.41, 5.74) is 1.44. The first-order valence-electron chi connectivity index (χ1n) is 2.24. The van der Waals surface area contributed by atoms with Crippen molar-refractivity contribution in [2.24, 2.45) is 0 Å². The number of carbonyl (C=O) groups excluding carboxylic acids is 1. The summed E-state index contributed by atoms with van der Waals surface area (Å²) >= 11 is 0. The van der Waals surface area contributed by atoms with Crippen LogP contribution in [0.2, 0.25) is 0 Å². The normalized spacial score (nSPS) is 17.5. The molecule has 3 heteroatoms. The Bertz CT molecular complexity index is 169. The lowest BCUT2D eigenvalue weighted by molar-refractivity contribution is -0.108. The van der Waals surface area contributed by atoms with Crippen LogP contribution in [0.1, 0.15) is 0 Å². The second-order valence-corrected chi connectivity index (χ2v) is 3.00. The number of hydrogen-bond donors (Lipinski definition) is 0. The third-order valence-corrected chi connectivity index (χ3v) is 2.00. The van der Waals surface area contributed by atoms with Gasteiger partial charge >= 0.3 is 8.68 Å². The summed E-state index contributed by atoms with van der Waals surface area (Å²) in [5.74, 6) is 0. The van der Waals surface area contributed by atoms with Gasteiger partial charge in [0.2, 0.25) is 5.41 Å². The first-order valence-corrected chi connectivity index (χ1v) is 3.72. The van der Waals surface area contributed by atoms with Gasteiger partial charge in [0.15, 0.2) is 0 Å². The highest BCUT2D eigenvalue weighted by Gasteiger charge is 2.10. The smallest absolute Gasteiger partial charge is 0.374 e. The fourth-order valence-electron chi connectivity index (χ4n) is 0.450. The highest BCUT2D eigenvalue weighted by atomic mass is 28.3. The standard InChI is InChI=1S/C5H4O2Si/c6-5-3-1-2-4-8(5)7/h1-4H. The van der Waals surface area contributed by atoms with Crippen LogP contribution in [0.15, 0.2) is 23.9 Å². The summed E-state index contributed by atoms with van der Waals surface area (Å²) in [6.45, 7) is 0. The van der Waals surface area contributed by atoms with E-state index in [9.17, 15) is 9.26 Å². The van der Waals surface area contributed by atoms with Gasteiger partial charge in [0.05, 0.1) is 0 Å². The zero-order valence-electron chi connectivity index (χ0n) is 4.13. The summed E-state index contributed by atoms with van der Waals surface area (Å²) in [6, 6.07) is 0. The van der Waals surface area contributed by atoms with Crippen LogP contribution in [0.25, 0.3) is 0 Å². The molecule has 1 aliphatic heterocycles. The topological polar surface area (TPSA) is 34.1 Å². The third-order valence-electron chi connectivity index (χ3n) is 0.849. The van der Waals surface area contributed by atoms with Crippen LogP contribution >= 0.6 is 0 Å². The zero-order valence-corrected chi connectivity index (χ0v) is 5.13. The Morgan fingerprint density at radius 1 is 1.38 bits per heavy atom. The monoisotopic (exact) mass is 124 g/mol. The van der Waals surface area contributed by atoms with E-state index in [1.807, 2.05) is 0 Å². The van der Waals surface area contributed by atoms with Gasteiger partial charge in [0, 0.05) is 0 Å². The number of allylic oxidation sites excluding steroid dienone is 3. The molecule has 0 aliphatic carbocycles. The summed E-state index contributed by atoms with van der Waals surface area (Å²) in [5, 5.41) is -0.252. The lowest BCUT2D eigenvalue weighted by atomic mass is 10.5. The molecule has 0 aromatic rings. The van der Waals surface area contributed by atoms with Crippen molar-refractivity contribution >= 4 is 14.1 Å². The van der Waals surface area contributed by atoms with E-state index in [4.69, 9.17) is 0 Å². The second-order valence-electron chi connectivity index (χ2n) is 1.45. The van der Waals surface area contributed by atoms with E-state index in [0.29, 0.717) is 0 Å². The largest absolute Gasteiger partial charge is 0.382 e. The summed E-state index contributed by atoms with van der Waals surface area (Å²) in [4.78, 5) is 10.4. The van der Waals surface area contributed by atoms with E-state index in [1.54, 1.807) is 12.2 Å². The summed E-state index contributed by atoms with van der Waals surface area (Å²) in [7, 11) is -2.03. The fourth-order valence-corrected chi connectivity index (χ4v) is 1.16. The van der Waals surface area contributed by atoms with E-state index < -0.39 is 8.68 Å². The van der Waals surface area contributed by atoms with Crippen molar-refractivity contribution in [3.63, 3.8) is 0 Å². The molecule has 0 saturated carbocycles. The molecule has 0 radical (unpaired) electrons. The van der Waals surface area contributed by atoms with Crippen molar-refractivity contribution in [3.8, 4) is 0 Å². The van der Waals surface area contributed by atoms with Crippen LogP contribution in [0.5, 0.6) is 0 Å². The first-order chi connectivity index (χ1) is 3.80. The Kier molecular flexibility index (Phi) is 1.30. The Balaban J connectivity index is 2.89. The molecule has 1 heterocycles. The molecule has 0 bridgehead atoms. The minimum absolute atomic E-state index is 0.252. The van der Waals surface area contributed by atoms with Crippen LogP contribution in [0.3, 0.4) is 0 Å². The molecule has 0 saturated heterocycles. The van der Waals surface area contributed by atoms with Gasteiger partial charge in [-0.25, -0.2) is 0 Å². The lowest BCUT2D eigenvalue weighted by Gasteiger charge is -1.86. The van der Waals surface area contributed by atoms with E-state index in [-0.39, 0.29) is 5.41 Å². The average Bonchev–Trinajstić information content (AvgIpc) is 1.77. The maximum atomic E-state index is 10.5. The van der Waals surface area contributed by atoms with Gasteiger partial charge in [-0.15, -0.1) is 0 Å². The number of rotatable bonds is 0. The minimum atomic E-state index is -2.03. The maximum Gasteiger partial charge on any atom is 0.382 e. The van der Waals surface area contributed by atoms with Crippen molar-refractivity contribution in [1.29, 1.82) is 0 Å². The van der Waals surface area contributed by atoms with Crippen molar-refractivity contribution in [2.45, 2.75) is 0 Å². The first kappa shape index (κ1) is 5.31. The molecular weight excluding hydrogens is 120 g/mol. The number of carbonyl (C=O) groups is 1. The molecule has 0 unspecified atom stereocenters. The average molecular weight is 124 g/mol. The molecule has 1 aliphatic rings. The molecule has 0 N–H and O–H groups in total. The predicted octanol–water partition coefficient (Wildman–Crippen LogP) is 0.182. The number of hydrogen-bond acceptors (Lipinski definition) is 2.